The number of para-hydroxylation sites is 2. The summed E-state index contributed by atoms with van der Waals surface area (Å²) in [6.45, 7) is 1.57. The van der Waals surface area contributed by atoms with Crippen molar-refractivity contribution in [2.45, 2.75) is 46.3 Å². The number of aromatic nitrogens is 4. The van der Waals surface area contributed by atoms with Crippen LogP contribution < -0.4 is 21.9 Å². The molecule has 0 radical (unpaired) electrons. The Bertz CT molecular complexity index is 1120. The van der Waals surface area contributed by atoms with Gasteiger partial charge in [-0.05, 0) is 25.5 Å². The molecule has 1 aromatic carbocycles. The maximum Gasteiger partial charge on any atom is 0.330 e. The molecule has 8 nitrogen and oxygen atoms in total. The van der Waals surface area contributed by atoms with Crippen LogP contribution in [-0.4, -0.2) is 25.6 Å². The first-order valence-corrected chi connectivity index (χ1v) is 9.50. The molecule has 3 aromatic rings. The van der Waals surface area contributed by atoms with Crippen molar-refractivity contribution in [2.75, 3.05) is 17.2 Å². The van der Waals surface area contributed by atoms with Crippen molar-refractivity contribution in [1.82, 2.24) is 19.1 Å². The molecule has 0 atom stereocenters. The monoisotopic (exact) mass is 406 g/mol. The van der Waals surface area contributed by atoms with Crippen LogP contribution in [0.2, 0.25) is 0 Å². The number of nitrogens with one attached hydrogen (secondary N) is 1. The van der Waals surface area contributed by atoms with Crippen LogP contribution >= 0.6 is 0 Å². The van der Waals surface area contributed by atoms with Gasteiger partial charge in [0.25, 0.3) is 5.56 Å². The highest BCUT2D eigenvalue weighted by molar-refractivity contribution is 5.76. The van der Waals surface area contributed by atoms with Gasteiger partial charge in [0.1, 0.15) is 17.3 Å². The van der Waals surface area contributed by atoms with Crippen LogP contribution in [0.15, 0.2) is 33.9 Å². The number of aromatic amines is 1. The van der Waals surface area contributed by atoms with Crippen LogP contribution in [0.3, 0.4) is 0 Å². The molecule has 0 spiro atoms. The number of nitrogen functional groups attached to an aromatic ring is 1. The Hall–Kier alpha value is -3.17. The third-order valence-corrected chi connectivity index (χ3v) is 4.84. The van der Waals surface area contributed by atoms with Crippen LogP contribution in [0.5, 0.6) is 0 Å². The number of H-pyrrole nitrogens is 1. The first kappa shape index (κ1) is 20.6. The standard InChI is InChI=1S/C19H24F2N6O2/c1-3-5-10-26-16(22)15(17(28)24-19(26)29)25(4-2)11-14-23-12-8-6-7-9-13(12)27(14)18(20)21/h6-9,18H,3-5,10-11,22H2,1-2H3,(H,24,28,29). The molecule has 0 unspecified atom stereocenters. The molecule has 0 aliphatic heterocycles. The highest BCUT2D eigenvalue weighted by Crippen LogP contribution is 2.26. The van der Waals surface area contributed by atoms with E-state index in [2.05, 4.69) is 9.97 Å². The SMILES string of the molecule is CCCCn1c(N)c(N(CC)Cc2nc3ccccc3n2C(F)F)c(=O)[nH]c1=O. The Morgan fingerprint density at radius 2 is 1.97 bits per heavy atom. The van der Waals surface area contributed by atoms with Crippen LogP contribution in [0.25, 0.3) is 11.0 Å². The number of nitrogens with two attached hydrogens (primary N) is 1. The summed E-state index contributed by atoms with van der Waals surface area (Å²) in [4.78, 5) is 32.8. The van der Waals surface area contributed by atoms with Gasteiger partial charge in [0.15, 0.2) is 0 Å². The number of fused-ring (bicyclic) bond motifs is 1. The Kier molecular flexibility index (Phi) is 6.00. The lowest BCUT2D eigenvalue weighted by Crippen LogP contribution is -2.38. The van der Waals surface area contributed by atoms with E-state index in [4.69, 9.17) is 5.73 Å². The molecule has 0 saturated carbocycles. The molecule has 0 bridgehead atoms. The Morgan fingerprint density at radius 3 is 2.62 bits per heavy atom. The van der Waals surface area contributed by atoms with E-state index < -0.39 is 17.8 Å². The topological polar surface area (TPSA) is 102 Å². The lowest BCUT2D eigenvalue weighted by molar-refractivity contribution is 0.0715. The maximum absolute atomic E-state index is 13.7. The largest absolute Gasteiger partial charge is 0.383 e. The minimum absolute atomic E-state index is 0.0220. The third kappa shape index (κ3) is 3.87. The first-order chi connectivity index (χ1) is 13.9. The lowest BCUT2D eigenvalue weighted by Gasteiger charge is -2.24. The number of nitrogens with zero attached hydrogens (tertiary/aromatic N) is 4. The lowest BCUT2D eigenvalue weighted by atomic mass is 10.3. The quantitative estimate of drug-likeness (QED) is 0.599. The van der Waals surface area contributed by atoms with E-state index in [9.17, 15) is 18.4 Å². The predicted octanol–water partition coefficient (Wildman–Crippen LogP) is 2.69. The molecule has 156 valence electrons. The second-order valence-electron chi connectivity index (χ2n) is 6.68. The molecular weight excluding hydrogens is 382 g/mol. The average molecular weight is 406 g/mol. The van der Waals surface area contributed by atoms with Crippen molar-refractivity contribution in [3.63, 3.8) is 0 Å². The van der Waals surface area contributed by atoms with Gasteiger partial charge in [0.05, 0.1) is 17.6 Å². The van der Waals surface area contributed by atoms with Crippen LogP contribution in [-0.2, 0) is 13.1 Å². The summed E-state index contributed by atoms with van der Waals surface area (Å²) in [6, 6.07) is 6.61. The van der Waals surface area contributed by atoms with E-state index in [0.717, 1.165) is 11.0 Å². The molecule has 29 heavy (non-hydrogen) atoms. The number of unbranched alkanes of at least 4 members (excludes halogenated alkanes) is 1. The van der Waals surface area contributed by atoms with Gasteiger partial charge in [-0.2, -0.15) is 8.78 Å². The molecule has 0 aliphatic rings. The van der Waals surface area contributed by atoms with E-state index in [-0.39, 0.29) is 23.9 Å². The molecule has 10 heteroatoms. The van der Waals surface area contributed by atoms with Gasteiger partial charge in [-0.3, -0.25) is 18.9 Å². The molecule has 2 heterocycles. The summed E-state index contributed by atoms with van der Waals surface area (Å²) < 4.78 is 29.6. The Balaban J connectivity index is 2.08. The maximum atomic E-state index is 13.7. The number of hydrogen-bond acceptors (Lipinski definition) is 5. The minimum Gasteiger partial charge on any atom is -0.383 e. The smallest absolute Gasteiger partial charge is 0.330 e. The van der Waals surface area contributed by atoms with Gasteiger partial charge >= 0.3 is 12.2 Å². The van der Waals surface area contributed by atoms with E-state index in [1.807, 2.05) is 6.92 Å². The summed E-state index contributed by atoms with van der Waals surface area (Å²) in [6.07, 6.45) is 1.55. The van der Waals surface area contributed by atoms with E-state index in [0.29, 0.717) is 30.5 Å². The zero-order chi connectivity index (χ0) is 21.1. The third-order valence-electron chi connectivity index (χ3n) is 4.84. The molecule has 0 fully saturated rings. The Labute approximate surface area is 165 Å². The molecule has 0 amide bonds. The van der Waals surface area contributed by atoms with Gasteiger partial charge in [-0.25, -0.2) is 9.78 Å². The summed E-state index contributed by atoms with van der Waals surface area (Å²) in [5, 5.41) is 0. The van der Waals surface area contributed by atoms with E-state index >= 15 is 0 Å². The number of rotatable bonds is 8. The minimum atomic E-state index is -2.79. The van der Waals surface area contributed by atoms with Crippen molar-refractivity contribution in [3.05, 3.63) is 50.9 Å². The van der Waals surface area contributed by atoms with E-state index in [1.165, 1.54) is 4.57 Å². The van der Waals surface area contributed by atoms with E-state index in [1.54, 1.807) is 36.1 Å². The Morgan fingerprint density at radius 1 is 1.24 bits per heavy atom. The summed E-state index contributed by atoms with van der Waals surface area (Å²) in [5.74, 6) is 0.127. The van der Waals surface area contributed by atoms with Crippen molar-refractivity contribution in [1.29, 1.82) is 0 Å². The van der Waals surface area contributed by atoms with Crippen LogP contribution in [0, 0.1) is 0 Å². The van der Waals surface area contributed by atoms with Crippen molar-refractivity contribution in [3.8, 4) is 0 Å². The number of anilines is 2. The number of imidazole rings is 1. The second-order valence-corrected chi connectivity index (χ2v) is 6.68. The van der Waals surface area contributed by atoms with Gasteiger partial charge < -0.3 is 10.6 Å². The molecule has 0 saturated heterocycles. The van der Waals surface area contributed by atoms with Gasteiger partial charge in [-0.1, -0.05) is 25.5 Å². The van der Waals surface area contributed by atoms with Gasteiger partial charge in [0, 0.05) is 13.1 Å². The highest BCUT2D eigenvalue weighted by Gasteiger charge is 2.23. The fourth-order valence-corrected chi connectivity index (χ4v) is 3.36. The first-order valence-electron chi connectivity index (χ1n) is 9.50. The van der Waals surface area contributed by atoms with Gasteiger partial charge in [0.2, 0.25) is 0 Å². The average Bonchev–Trinajstić information content (AvgIpc) is 3.04. The molecule has 3 N–H and O–H groups in total. The zero-order valence-electron chi connectivity index (χ0n) is 16.4. The fraction of sp³-hybridized carbons (Fsp3) is 0.421. The number of alkyl halides is 2. The molecular formula is C19H24F2N6O2. The number of halogens is 2. The van der Waals surface area contributed by atoms with Crippen LogP contribution in [0.1, 0.15) is 39.1 Å². The number of benzene rings is 1. The summed E-state index contributed by atoms with van der Waals surface area (Å²) in [5.41, 5.74) is 5.75. The predicted molar refractivity (Wildman–Crippen MR) is 108 cm³/mol. The highest BCUT2D eigenvalue weighted by atomic mass is 19.3. The summed E-state index contributed by atoms with van der Waals surface area (Å²) >= 11 is 0. The molecule has 3 rings (SSSR count). The number of hydrogen-bond donors (Lipinski definition) is 2. The molecule has 0 aliphatic carbocycles. The summed E-state index contributed by atoms with van der Waals surface area (Å²) in [7, 11) is 0. The fourth-order valence-electron chi connectivity index (χ4n) is 3.36. The van der Waals surface area contributed by atoms with Crippen LogP contribution in [0.4, 0.5) is 20.3 Å². The van der Waals surface area contributed by atoms with Gasteiger partial charge in [-0.15, -0.1) is 0 Å². The van der Waals surface area contributed by atoms with Crippen molar-refractivity contribution >= 4 is 22.5 Å². The zero-order valence-corrected chi connectivity index (χ0v) is 16.4. The second kappa shape index (κ2) is 8.46. The molecule has 2 aromatic heterocycles. The normalized spacial score (nSPS) is 11.5. The van der Waals surface area contributed by atoms with Crippen molar-refractivity contribution in [2.24, 2.45) is 0 Å². The van der Waals surface area contributed by atoms with Crippen molar-refractivity contribution < 1.29 is 8.78 Å².